The van der Waals surface area contributed by atoms with Crippen molar-refractivity contribution in [3.8, 4) is 17.2 Å². The van der Waals surface area contributed by atoms with E-state index in [0.29, 0.717) is 29.2 Å². The molecule has 190 valence electrons. The lowest BCUT2D eigenvalue weighted by Crippen LogP contribution is -2.48. The number of benzene rings is 2. The average Bonchev–Trinajstić information content (AvgIpc) is 2.83. The first kappa shape index (κ1) is 25.5. The number of likely N-dealkylation sites (tertiary alicyclic amines) is 1. The number of nitrogens with zero attached hydrogens (tertiary/aromatic N) is 1. The third kappa shape index (κ3) is 5.46. The van der Waals surface area contributed by atoms with E-state index in [0.717, 1.165) is 36.4 Å². The van der Waals surface area contributed by atoms with Crippen molar-refractivity contribution in [2.45, 2.75) is 20.0 Å². The van der Waals surface area contributed by atoms with Gasteiger partial charge in [-0.25, -0.2) is 4.39 Å². The molecule has 2 aliphatic heterocycles. The maximum Gasteiger partial charge on any atom is 0.164 e. The van der Waals surface area contributed by atoms with Crippen LogP contribution in [0.3, 0.4) is 0 Å². The highest BCUT2D eigenvalue weighted by atomic mass is 19.1. The summed E-state index contributed by atoms with van der Waals surface area (Å²) in [6.45, 7) is 10.2. The zero-order valence-electron chi connectivity index (χ0n) is 20.5. The fourth-order valence-corrected chi connectivity index (χ4v) is 4.54. The minimum Gasteiger partial charge on any atom is -0.508 e. The number of allylic oxidation sites excluding steroid dienone is 4. The number of fused-ring (bicyclic) bond motifs is 1. The van der Waals surface area contributed by atoms with Crippen molar-refractivity contribution in [1.29, 1.82) is 0 Å². The Bertz CT molecular complexity index is 1230. The lowest BCUT2D eigenvalue weighted by molar-refractivity contribution is 0.0554. The van der Waals surface area contributed by atoms with Crippen LogP contribution in [0.1, 0.15) is 25.0 Å². The van der Waals surface area contributed by atoms with Gasteiger partial charge >= 0.3 is 0 Å². The zero-order chi connectivity index (χ0) is 25.8. The number of rotatable bonds is 9. The molecule has 7 heteroatoms. The Kier molecular flexibility index (Phi) is 7.79. The van der Waals surface area contributed by atoms with Crippen LogP contribution >= 0.6 is 0 Å². The predicted molar refractivity (Wildman–Crippen MR) is 137 cm³/mol. The van der Waals surface area contributed by atoms with Crippen LogP contribution in [-0.2, 0) is 4.74 Å². The summed E-state index contributed by atoms with van der Waals surface area (Å²) < 4.78 is 38.6. The van der Waals surface area contributed by atoms with Gasteiger partial charge in [-0.1, -0.05) is 24.8 Å². The van der Waals surface area contributed by atoms with Crippen LogP contribution in [0.4, 0.5) is 8.78 Å². The van der Waals surface area contributed by atoms with Gasteiger partial charge in [0.2, 0.25) is 0 Å². The number of alkyl halides is 1. The van der Waals surface area contributed by atoms with Crippen LogP contribution in [0.25, 0.3) is 11.1 Å². The largest absolute Gasteiger partial charge is 0.508 e. The maximum atomic E-state index is 13.8. The van der Waals surface area contributed by atoms with Gasteiger partial charge in [-0.2, -0.15) is 0 Å². The fourth-order valence-electron chi connectivity index (χ4n) is 4.54. The molecule has 5 nitrogen and oxygen atoms in total. The summed E-state index contributed by atoms with van der Waals surface area (Å²) in [5, 5.41) is 20.0. The quantitative estimate of drug-likeness (QED) is 0.337. The monoisotopic (exact) mass is 495 g/mol. The molecule has 2 aromatic carbocycles. The van der Waals surface area contributed by atoms with Crippen LogP contribution in [0.5, 0.6) is 17.2 Å². The van der Waals surface area contributed by atoms with Crippen molar-refractivity contribution in [3.63, 3.8) is 0 Å². The first-order valence-electron chi connectivity index (χ1n) is 11.9. The van der Waals surface area contributed by atoms with E-state index in [-0.39, 0.29) is 18.3 Å². The minimum atomic E-state index is -0.711. The molecule has 0 amide bonds. The third-order valence-electron chi connectivity index (χ3n) is 6.57. The van der Waals surface area contributed by atoms with Gasteiger partial charge in [-0.05, 0) is 67.0 Å². The normalized spacial score (nSPS) is 18.9. The Morgan fingerprint density at radius 3 is 2.67 bits per heavy atom. The lowest BCUT2D eigenvalue weighted by Gasteiger charge is -2.37. The highest BCUT2D eigenvalue weighted by molar-refractivity contribution is 5.97. The van der Waals surface area contributed by atoms with Gasteiger partial charge < -0.3 is 19.7 Å². The highest BCUT2D eigenvalue weighted by Crippen LogP contribution is 2.44. The average molecular weight is 496 g/mol. The van der Waals surface area contributed by atoms with Gasteiger partial charge in [-0.3, -0.25) is 9.29 Å². The maximum absolute atomic E-state index is 13.8. The molecule has 1 atom stereocenters. The van der Waals surface area contributed by atoms with Crippen LogP contribution in [0, 0.1) is 11.7 Å². The Balaban J connectivity index is 1.60. The van der Waals surface area contributed by atoms with E-state index in [1.165, 1.54) is 12.1 Å². The second-order valence-electron chi connectivity index (χ2n) is 9.16. The summed E-state index contributed by atoms with van der Waals surface area (Å²) in [5.41, 5.74) is 3.60. The summed E-state index contributed by atoms with van der Waals surface area (Å²) in [5.74, 6) is 0.387. The molecule has 2 aliphatic rings. The Morgan fingerprint density at radius 1 is 1.19 bits per heavy atom. The summed E-state index contributed by atoms with van der Waals surface area (Å²) in [7, 11) is 0. The van der Waals surface area contributed by atoms with Gasteiger partial charge in [0.1, 0.15) is 24.2 Å². The van der Waals surface area contributed by atoms with E-state index in [2.05, 4.69) is 11.5 Å². The van der Waals surface area contributed by atoms with Gasteiger partial charge in [-0.15, -0.1) is 0 Å². The molecule has 1 unspecified atom stereocenters. The molecule has 1 saturated heterocycles. The molecule has 2 heterocycles. The molecular formula is C29H31F2NO4. The van der Waals surface area contributed by atoms with Gasteiger partial charge in [0, 0.05) is 36.7 Å². The van der Waals surface area contributed by atoms with Gasteiger partial charge in [0.05, 0.1) is 12.4 Å². The van der Waals surface area contributed by atoms with Crippen molar-refractivity contribution < 1.29 is 28.5 Å². The first-order valence-corrected chi connectivity index (χ1v) is 11.9. The lowest BCUT2D eigenvalue weighted by atomic mass is 9.85. The van der Waals surface area contributed by atoms with E-state index in [4.69, 9.17) is 9.47 Å². The standard InChI is InChI=1S/C29H31F2NO4/c1-4-21(6-5-18(2)35-12-11-32-16-20(15-30)17-32)29-28(22-7-9-25(31)26(34)13-22)19(3)24-14-23(33)8-10-27(24)36-29/h4-10,13-14,20,29,33-34H,1,11-12,15-17H2,2-3H3/b18-5+,21-6+. The predicted octanol–water partition coefficient (Wildman–Crippen LogP) is 5.86. The van der Waals surface area contributed by atoms with Crippen molar-refractivity contribution in [1.82, 2.24) is 4.90 Å². The summed E-state index contributed by atoms with van der Waals surface area (Å²) in [6.07, 6.45) is 4.79. The molecule has 0 bridgehead atoms. The Morgan fingerprint density at radius 2 is 1.97 bits per heavy atom. The molecule has 2 aromatic rings. The molecule has 0 saturated carbocycles. The molecule has 0 aromatic heterocycles. The summed E-state index contributed by atoms with van der Waals surface area (Å²) in [4.78, 5) is 2.16. The zero-order valence-corrected chi connectivity index (χ0v) is 20.5. The summed E-state index contributed by atoms with van der Waals surface area (Å²) in [6, 6.07) is 9.05. The smallest absolute Gasteiger partial charge is 0.164 e. The molecule has 1 fully saturated rings. The molecule has 2 N–H and O–H groups in total. The molecule has 0 aliphatic carbocycles. The van der Waals surface area contributed by atoms with Crippen LogP contribution in [0.2, 0.25) is 0 Å². The third-order valence-corrected chi connectivity index (χ3v) is 6.57. The van der Waals surface area contributed by atoms with Crippen molar-refractivity contribution in [3.05, 3.63) is 89.5 Å². The van der Waals surface area contributed by atoms with Crippen LogP contribution in [-0.4, -0.2) is 54.1 Å². The van der Waals surface area contributed by atoms with E-state index < -0.39 is 17.7 Å². The second kappa shape index (κ2) is 11.0. The number of phenols is 2. The van der Waals surface area contributed by atoms with Crippen molar-refractivity contribution in [2.75, 3.05) is 32.9 Å². The second-order valence-corrected chi connectivity index (χ2v) is 9.16. The van der Waals surface area contributed by atoms with Crippen LogP contribution in [0.15, 0.2) is 72.5 Å². The number of ether oxygens (including phenoxy) is 2. The number of aromatic hydroxyl groups is 2. The van der Waals surface area contributed by atoms with E-state index >= 15 is 0 Å². The molecule has 0 radical (unpaired) electrons. The molecule has 4 rings (SSSR count). The number of hydrogen-bond donors (Lipinski definition) is 2. The molecular weight excluding hydrogens is 464 g/mol. The van der Waals surface area contributed by atoms with E-state index in [9.17, 15) is 19.0 Å². The van der Waals surface area contributed by atoms with Crippen molar-refractivity contribution >= 4 is 11.1 Å². The van der Waals surface area contributed by atoms with Crippen molar-refractivity contribution in [2.24, 2.45) is 5.92 Å². The highest BCUT2D eigenvalue weighted by Gasteiger charge is 2.30. The van der Waals surface area contributed by atoms with Crippen LogP contribution < -0.4 is 4.74 Å². The number of phenolic OH excluding ortho intramolecular Hbond substituents is 2. The molecule has 36 heavy (non-hydrogen) atoms. The topological polar surface area (TPSA) is 62.2 Å². The van der Waals surface area contributed by atoms with Gasteiger partial charge in [0.25, 0.3) is 0 Å². The summed E-state index contributed by atoms with van der Waals surface area (Å²) >= 11 is 0. The van der Waals surface area contributed by atoms with E-state index in [1.807, 2.05) is 26.0 Å². The number of hydrogen-bond acceptors (Lipinski definition) is 5. The Labute approximate surface area is 210 Å². The Hall–Kier alpha value is -3.58. The van der Waals surface area contributed by atoms with E-state index in [1.54, 1.807) is 30.3 Å². The SMILES string of the molecule is C=C/C(=C\C=C(/C)OCCN1CC(CF)C1)C1Oc2ccc(O)cc2C(C)=C1c1ccc(F)c(O)c1. The fraction of sp³-hybridized carbons (Fsp3) is 0.310. The molecule has 0 spiro atoms. The first-order chi connectivity index (χ1) is 17.3. The van der Waals surface area contributed by atoms with Gasteiger partial charge in [0.15, 0.2) is 11.6 Å². The minimum absolute atomic E-state index is 0.102. The number of halogens is 2.